The number of hydrogen-bond donors (Lipinski definition) is 0. The zero-order valence-electron chi connectivity index (χ0n) is 3.69. The van der Waals surface area contributed by atoms with E-state index in [1.807, 2.05) is 0 Å². The Kier molecular flexibility index (Phi) is 11.1. The molecular weight excluding hydrogens is 131 g/mol. The predicted octanol–water partition coefficient (Wildman–Crippen LogP) is 0.322. The molecule has 0 N–H and O–H groups in total. The zero-order valence-corrected chi connectivity index (χ0v) is 7.57. The van der Waals surface area contributed by atoms with Crippen LogP contribution in [-0.2, 0) is 9.08 Å². The van der Waals surface area contributed by atoms with E-state index in [0.29, 0.717) is 0 Å². The fourth-order valence-electron chi connectivity index (χ4n) is 0. The van der Waals surface area contributed by atoms with Gasteiger partial charge in [0, 0.05) is 58.3 Å². The van der Waals surface area contributed by atoms with E-state index < -0.39 is 5.97 Å². The van der Waals surface area contributed by atoms with Crippen molar-refractivity contribution in [3.05, 3.63) is 0 Å². The summed E-state index contributed by atoms with van der Waals surface area (Å²) in [7, 11) is 0. The molecule has 0 heterocycles. The molecule has 4 heteroatoms. The minimum Gasteiger partial charge on any atom is -0.348 e. The Hall–Kier alpha value is 1.40. The summed E-state index contributed by atoms with van der Waals surface area (Å²) >= 11 is 4.49. The van der Waals surface area contributed by atoms with Gasteiger partial charge in [-0.2, -0.15) is 0 Å². The van der Waals surface area contributed by atoms with Gasteiger partial charge in [-0.25, -0.2) is 0 Å². The van der Waals surface area contributed by atoms with Gasteiger partial charge in [-0.15, -0.1) is 0 Å². The van der Waals surface area contributed by atoms with Crippen molar-refractivity contribution in [2.45, 2.75) is 6.92 Å². The van der Waals surface area contributed by atoms with Crippen LogP contribution in [0.1, 0.15) is 6.92 Å². The number of halogens is 1. The van der Waals surface area contributed by atoms with Gasteiger partial charge in [0.1, 0.15) is 11.9 Å². The summed E-state index contributed by atoms with van der Waals surface area (Å²) in [6.07, 6.45) is 0. The molecule has 6 heavy (non-hydrogen) atoms. The van der Waals surface area contributed by atoms with E-state index in [9.17, 15) is 4.79 Å². The molecule has 31 valence electrons. The number of hydrogen-bond acceptors (Lipinski definition) is 2. The Bertz CT molecular complexity index is 46.8. The number of carbonyl (C=O) groups excluding carboxylic acids is 1. The van der Waals surface area contributed by atoms with Gasteiger partial charge >= 0.3 is 5.97 Å². The van der Waals surface area contributed by atoms with E-state index in [2.05, 4.69) is 16.2 Å². The van der Waals surface area contributed by atoms with Crippen molar-refractivity contribution in [2.24, 2.45) is 0 Å². The average molecular weight is 134 g/mol. The first-order chi connectivity index (χ1) is 2.27. The van der Waals surface area contributed by atoms with Gasteiger partial charge in [-0.05, 0) is 0 Å². The van der Waals surface area contributed by atoms with Crippen LogP contribution in [0.3, 0.4) is 0 Å². The molecular formula is C2H3ClKO2. The van der Waals surface area contributed by atoms with E-state index in [4.69, 9.17) is 0 Å². The molecule has 0 rings (SSSR count). The summed E-state index contributed by atoms with van der Waals surface area (Å²) in [6.45, 7) is 1.23. The smallest absolute Gasteiger partial charge is 0.321 e. The van der Waals surface area contributed by atoms with Crippen LogP contribution < -0.4 is 0 Å². The van der Waals surface area contributed by atoms with Crippen LogP contribution in [0.25, 0.3) is 0 Å². The van der Waals surface area contributed by atoms with Gasteiger partial charge in [0.2, 0.25) is 0 Å². The summed E-state index contributed by atoms with van der Waals surface area (Å²) in [6, 6.07) is 0. The Morgan fingerprint density at radius 1 is 1.83 bits per heavy atom. The minimum atomic E-state index is -0.480. The molecule has 0 aromatic carbocycles. The Morgan fingerprint density at radius 3 is 2.00 bits per heavy atom. The van der Waals surface area contributed by atoms with Crippen molar-refractivity contribution < 1.29 is 9.08 Å². The normalized spacial score (nSPS) is 5.67. The van der Waals surface area contributed by atoms with Crippen molar-refractivity contribution in [1.82, 2.24) is 0 Å². The van der Waals surface area contributed by atoms with Gasteiger partial charge in [-0.1, -0.05) is 0 Å². The van der Waals surface area contributed by atoms with Crippen molar-refractivity contribution in [3.63, 3.8) is 0 Å². The summed E-state index contributed by atoms with van der Waals surface area (Å²) in [5, 5.41) is 0. The second kappa shape index (κ2) is 6.40. The second-order valence-electron chi connectivity index (χ2n) is 0.569. The van der Waals surface area contributed by atoms with Gasteiger partial charge < -0.3 is 4.29 Å². The number of carbonyl (C=O) groups is 1. The Labute approximate surface area is 83.8 Å². The molecule has 0 aromatic rings. The molecule has 0 unspecified atom stereocenters. The van der Waals surface area contributed by atoms with Crippen molar-refractivity contribution in [2.75, 3.05) is 0 Å². The molecule has 0 saturated carbocycles. The maximum absolute atomic E-state index is 9.46. The molecule has 0 amide bonds. The fraction of sp³-hybridized carbons (Fsp3) is 0.500. The van der Waals surface area contributed by atoms with E-state index >= 15 is 0 Å². The maximum Gasteiger partial charge on any atom is 0.321 e. The van der Waals surface area contributed by atoms with E-state index in [-0.39, 0.29) is 51.4 Å². The summed E-state index contributed by atoms with van der Waals surface area (Å²) < 4.78 is 3.58. The van der Waals surface area contributed by atoms with E-state index in [0.717, 1.165) is 0 Å². The van der Waals surface area contributed by atoms with Crippen LogP contribution in [0.5, 0.6) is 0 Å². The molecule has 0 aliphatic rings. The Balaban J connectivity index is 0. The molecule has 0 saturated heterocycles. The van der Waals surface area contributed by atoms with Crippen molar-refractivity contribution >= 4 is 69.2 Å². The molecule has 0 atom stereocenters. The van der Waals surface area contributed by atoms with Gasteiger partial charge in [0.15, 0.2) is 0 Å². The van der Waals surface area contributed by atoms with Crippen LogP contribution in [-0.4, -0.2) is 57.4 Å². The molecule has 0 aromatic heterocycles. The molecule has 1 radical (unpaired) electrons. The van der Waals surface area contributed by atoms with Crippen LogP contribution in [0.4, 0.5) is 0 Å². The van der Waals surface area contributed by atoms with Crippen molar-refractivity contribution in [1.29, 1.82) is 0 Å². The number of rotatable bonds is 0. The van der Waals surface area contributed by atoms with Crippen LogP contribution in [0.2, 0.25) is 0 Å². The average Bonchev–Trinajstić information content (AvgIpc) is 1.38. The first-order valence-corrected chi connectivity index (χ1v) is 1.37. The third-order valence-corrected chi connectivity index (χ3v) is 0.326. The van der Waals surface area contributed by atoms with Crippen molar-refractivity contribution in [3.8, 4) is 0 Å². The van der Waals surface area contributed by atoms with Gasteiger partial charge in [0.05, 0.1) is 0 Å². The second-order valence-corrected chi connectivity index (χ2v) is 0.723. The molecule has 0 aliphatic carbocycles. The van der Waals surface area contributed by atoms with E-state index in [1.165, 1.54) is 6.92 Å². The summed E-state index contributed by atoms with van der Waals surface area (Å²) in [5.41, 5.74) is 0. The van der Waals surface area contributed by atoms with Gasteiger partial charge in [0.25, 0.3) is 0 Å². The topological polar surface area (TPSA) is 26.3 Å². The fourth-order valence-corrected chi connectivity index (χ4v) is 0. The minimum absolute atomic E-state index is 0. The quantitative estimate of drug-likeness (QED) is 0.445. The standard InChI is InChI=1S/C2H3ClO2.K/c1-2(4)5-3;/h1H3;. The van der Waals surface area contributed by atoms with Crippen LogP contribution >= 0.6 is 11.9 Å². The molecule has 0 spiro atoms. The molecule has 0 bridgehead atoms. The largest absolute Gasteiger partial charge is 0.348 e. The molecule has 2 nitrogen and oxygen atoms in total. The predicted molar refractivity (Wildman–Crippen MR) is 23.4 cm³/mol. The first kappa shape index (κ1) is 10.4. The van der Waals surface area contributed by atoms with Gasteiger partial charge in [-0.3, -0.25) is 4.79 Å². The maximum atomic E-state index is 9.46. The SMILES string of the molecule is CC(=O)OCl.[K]. The monoisotopic (exact) mass is 133 g/mol. The van der Waals surface area contributed by atoms with Crippen LogP contribution in [0, 0.1) is 0 Å². The third-order valence-electron chi connectivity index (χ3n) is 0.109. The Morgan fingerprint density at radius 2 is 2.00 bits per heavy atom. The van der Waals surface area contributed by atoms with E-state index in [1.54, 1.807) is 0 Å². The third kappa shape index (κ3) is 9.04. The summed E-state index contributed by atoms with van der Waals surface area (Å²) in [5.74, 6) is -0.480. The summed E-state index contributed by atoms with van der Waals surface area (Å²) in [4.78, 5) is 9.46. The first-order valence-electron chi connectivity index (χ1n) is 1.06. The molecule has 0 fully saturated rings. The van der Waals surface area contributed by atoms with Crippen LogP contribution in [0.15, 0.2) is 0 Å². The zero-order chi connectivity index (χ0) is 4.28. The molecule has 0 aliphatic heterocycles.